The Kier molecular flexibility index (Phi) is 5.06. The number of rotatable bonds is 4. The van der Waals surface area contributed by atoms with Crippen LogP contribution in [0.3, 0.4) is 0 Å². The Labute approximate surface area is 164 Å². The van der Waals surface area contributed by atoms with Gasteiger partial charge in [0.25, 0.3) is 5.91 Å². The van der Waals surface area contributed by atoms with Crippen molar-refractivity contribution in [3.8, 4) is 0 Å². The second-order valence-corrected chi connectivity index (χ2v) is 7.40. The molecule has 4 rings (SSSR count). The predicted octanol–water partition coefficient (Wildman–Crippen LogP) is 1.09. The van der Waals surface area contributed by atoms with E-state index in [1.165, 1.54) is 11.1 Å². The minimum atomic E-state index is -0.229. The minimum absolute atomic E-state index is 0.229. The Bertz CT molecular complexity index is 937. The third-order valence-corrected chi connectivity index (χ3v) is 5.47. The van der Waals surface area contributed by atoms with Gasteiger partial charge in [0, 0.05) is 56.5 Å². The summed E-state index contributed by atoms with van der Waals surface area (Å²) < 4.78 is 0. The molecule has 0 unspecified atom stereocenters. The molecule has 28 heavy (non-hydrogen) atoms. The molecule has 0 saturated carbocycles. The molecular formula is C20H25N7O. The molecule has 0 aromatic carbocycles. The minimum Gasteiger partial charge on any atom is -0.359 e. The molecule has 2 aromatic heterocycles. The molecule has 0 spiro atoms. The summed E-state index contributed by atoms with van der Waals surface area (Å²) in [6, 6.07) is 0. The van der Waals surface area contributed by atoms with E-state index in [4.69, 9.17) is 0 Å². The maximum Gasteiger partial charge on any atom is 0.273 e. The van der Waals surface area contributed by atoms with Gasteiger partial charge < -0.3 is 9.88 Å². The van der Waals surface area contributed by atoms with Crippen molar-refractivity contribution in [3.05, 3.63) is 52.4 Å². The van der Waals surface area contributed by atoms with E-state index in [1.807, 2.05) is 6.08 Å². The number of hydrogen-bond donors (Lipinski definition) is 2. The SMILES string of the molecule is Cc1[nH]c(C=C2C(=O)NN=C2c2cnccn2)c(C)c1CN1CCN(C)CC1. The van der Waals surface area contributed by atoms with Crippen LogP contribution >= 0.6 is 0 Å². The number of likely N-dealkylation sites (N-methyl/N-ethyl adjacent to an activating group) is 1. The monoisotopic (exact) mass is 379 g/mol. The van der Waals surface area contributed by atoms with Crippen LogP contribution < -0.4 is 5.43 Å². The molecule has 4 heterocycles. The first-order valence-electron chi connectivity index (χ1n) is 9.48. The third-order valence-electron chi connectivity index (χ3n) is 5.47. The van der Waals surface area contributed by atoms with Gasteiger partial charge in [0.2, 0.25) is 0 Å². The Morgan fingerprint density at radius 1 is 1.18 bits per heavy atom. The molecule has 2 aromatic rings. The van der Waals surface area contributed by atoms with E-state index < -0.39 is 0 Å². The van der Waals surface area contributed by atoms with Crippen LogP contribution in [0.15, 0.2) is 29.3 Å². The molecule has 2 aliphatic rings. The van der Waals surface area contributed by atoms with E-state index in [9.17, 15) is 4.79 Å². The number of nitrogens with zero attached hydrogens (tertiary/aromatic N) is 5. The number of carbonyl (C=O) groups is 1. The summed E-state index contributed by atoms with van der Waals surface area (Å²) in [4.78, 5) is 29.0. The lowest BCUT2D eigenvalue weighted by Crippen LogP contribution is -2.44. The van der Waals surface area contributed by atoms with Crippen molar-refractivity contribution in [2.45, 2.75) is 20.4 Å². The topological polar surface area (TPSA) is 89.5 Å². The second kappa shape index (κ2) is 7.65. The number of aryl methyl sites for hydroxylation is 1. The van der Waals surface area contributed by atoms with Crippen molar-refractivity contribution in [1.29, 1.82) is 0 Å². The van der Waals surface area contributed by atoms with Crippen LogP contribution in [0.2, 0.25) is 0 Å². The van der Waals surface area contributed by atoms with E-state index in [0.717, 1.165) is 44.1 Å². The number of carbonyl (C=O) groups excluding carboxylic acids is 1. The Balaban J connectivity index is 1.61. The highest BCUT2D eigenvalue weighted by Gasteiger charge is 2.26. The summed E-state index contributed by atoms with van der Waals surface area (Å²) in [5.41, 5.74) is 8.67. The van der Waals surface area contributed by atoms with E-state index in [-0.39, 0.29) is 5.91 Å². The molecule has 0 aliphatic carbocycles. The van der Waals surface area contributed by atoms with Gasteiger partial charge in [0.05, 0.1) is 11.8 Å². The predicted molar refractivity (Wildman–Crippen MR) is 108 cm³/mol. The van der Waals surface area contributed by atoms with Crippen LogP contribution in [0.4, 0.5) is 0 Å². The molecule has 146 valence electrons. The molecule has 1 amide bonds. The van der Waals surface area contributed by atoms with Crippen LogP contribution in [0.5, 0.6) is 0 Å². The van der Waals surface area contributed by atoms with Crippen molar-refractivity contribution in [3.63, 3.8) is 0 Å². The summed E-state index contributed by atoms with van der Waals surface area (Å²) in [6.07, 6.45) is 6.67. The van der Waals surface area contributed by atoms with Gasteiger partial charge in [-0.25, -0.2) is 5.43 Å². The molecule has 1 saturated heterocycles. The first kappa shape index (κ1) is 18.5. The molecular weight excluding hydrogens is 354 g/mol. The van der Waals surface area contributed by atoms with E-state index in [0.29, 0.717) is 17.0 Å². The van der Waals surface area contributed by atoms with E-state index in [1.54, 1.807) is 18.6 Å². The summed E-state index contributed by atoms with van der Waals surface area (Å²) in [6.45, 7) is 9.45. The Hall–Kier alpha value is -2.84. The van der Waals surface area contributed by atoms with Gasteiger partial charge in [-0.1, -0.05) is 0 Å². The van der Waals surface area contributed by atoms with Gasteiger partial charge in [-0.3, -0.25) is 19.7 Å². The van der Waals surface area contributed by atoms with Crippen LogP contribution in [0.25, 0.3) is 6.08 Å². The number of hydrogen-bond acceptors (Lipinski definition) is 6. The summed E-state index contributed by atoms with van der Waals surface area (Å²) >= 11 is 0. The smallest absolute Gasteiger partial charge is 0.273 e. The molecule has 0 bridgehead atoms. The van der Waals surface area contributed by atoms with Crippen molar-refractivity contribution < 1.29 is 4.79 Å². The fourth-order valence-electron chi connectivity index (χ4n) is 3.66. The average molecular weight is 379 g/mol. The number of hydrazone groups is 1. The van der Waals surface area contributed by atoms with Crippen molar-refractivity contribution in [2.75, 3.05) is 33.2 Å². The van der Waals surface area contributed by atoms with E-state index in [2.05, 4.69) is 56.2 Å². The molecule has 2 N–H and O–H groups in total. The zero-order valence-electron chi connectivity index (χ0n) is 16.5. The Morgan fingerprint density at radius 3 is 2.68 bits per heavy atom. The largest absolute Gasteiger partial charge is 0.359 e. The first-order valence-corrected chi connectivity index (χ1v) is 9.48. The second-order valence-electron chi connectivity index (χ2n) is 7.40. The fraction of sp³-hybridized carbons (Fsp3) is 0.400. The standard InChI is InChI=1S/C20H25N7O/c1-13-16(12-27-8-6-26(3)7-9-27)14(2)23-17(13)10-15-19(24-25-20(15)28)18-11-21-4-5-22-18/h4-5,10-11,23H,6-9,12H2,1-3H3,(H,25,28). The lowest BCUT2D eigenvalue weighted by atomic mass is 10.0. The number of amides is 1. The number of H-pyrrole nitrogens is 1. The summed E-state index contributed by atoms with van der Waals surface area (Å²) in [5.74, 6) is -0.229. The van der Waals surface area contributed by atoms with Gasteiger partial charge in [0.1, 0.15) is 11.4 Å². The van der Waals surface area contributed by atoms with Crippen molar-refractivity contribution in [2.24, 2.45) is 5.10 Å². The van der Waals surface area contributed by atoms with Crippen molar-refractivity contribution >= 4 is 17.7 Å². The molecule has 2 aliphatic heterocycles. The quantitative estimate of drug-likeness (QED) is 0.776. The first-order chi connectivity index (χ1) is 13.5. The van der Waals surface area contributed by atoms with Crippen molar-refractivity contribution in [1.82, 2.24) is 30.2 Å². The van der Waals surface area contributed by atoms with Gasteiger partial charge in [-0.15, -0.1) is 0 Å². The summed E-state index contributed by atoms with van der Waals surface area (Å²) in [5, 5.41) is 4.14. The average Bonchev–Trinajstić information content (AvgIpc) is 3.19. The van der Waals surface area contributed by atoms with Crippen LogP contribution in [0.1, 0.15) is 28.2 Å². The summed E-state index contributed by atoms with van der Waals surface area (Å²) in [7, 11) is 2.16. The Morgan fingerprint density at radius 2 is 1.96 bits per heavy atom. The lowest BCUT2D eigenvalue weighted by molar-refractivity contribution is -0.116. The fourth-order valence-corrected chi connectivity index (χ4v) is 3.66. The number of aromatic nitrogens is 3. The molecule has 8 heteroatoms. The third kappa shape index (κ3) is 3.61. The lowest BCUT2D eigenvalue weighted by Gasteiger charge is -2.32. The maximum atomic E-state index is 12.3. The zero-order chi connectivity index (χ0) is 19.7. The van der Waals surface area contributed by atoms with Gasteiger partial charge in [-0.05, 0) is 38.1 Å². The van der Waals surface area contributed by atoms with Crippen LogP contribution in [-0.4, -0.2) is 69.6 Å². The number of aromatic amines is 1. The molecule has 8 nitrogen and oxygen atoms in total. The van der Waals surface area contributed by atoms with Crippen LogP contribution in [0, 0.1) is 13.8 Å². The number of piperazine rings is 1. The highest BCUT2D eigenvalue weighted by Crippen LogP contribution is 2.24. The van der Waals surface area contributed by atoms with Gasteiger partial charge in [0.15, 0.2) is 0 Å². The zero-order valence-corrected chi connectivity index (χ0v) is 16.5. The number of nitrogens with one attached hydrogen (secondary N) is 2. The van der Waals surface area contributed by atoms with Crippen LogP contribution in [-0.2, 0) is 11.3 Å². The maximum absolute atomic E-state index is 12.3. The normalized spacial score (nSPS) is 19.9. The highest BCUT2D eigenvalue weighted by atomic mass is 16.2. The molecule has 0 radical (unpaired) electrons. The molecule has 1 fully saturated rings. The van der Waals surface area contributed by atoms with E-state index >= 15 is 0 Å². The molecule has 0 atom stereocenters. The van der Waals surface area contributed by atoms with Gasteiger partial charge >= 0.3 is 0 Å². The highest BCUT2D eigenvalue weighted by molar-refractivity contribution is 6.32. The van der Waals surface area contributed by atoms with Gasteiger partial charge in [-0.2, -0.15) is 5.10 Å².